The summed E-state index contributed by atoms with van der Waals surface area (Å²) in [5.74, 6) is 0. The maximum absolute atomic E-state index is 6.83. The molecule has 1 heterocycles. The van der Waals surface area contributed by atoms with Gasteiger partial charge in [0.05, 0.1) is 0 Å². The second-order valence-corrected chi connectivity index (χ2v) is 17.1. The van der Waals surface area contributed by atoms with Crippen molar-refractivity contribution in [2.75, 3.05) is 19.8 Å². The number of unbranched alkanes of at least 4 members (excludes halogenated alkanes) is 3. The average Bonchev–Trinajstić information content (AvgIpc) is 2.76. The Morgan fingerprint density at radius 1 is 0.433 bits per heavy atom. The van der Waals surface area contributed by atoms with E-state index >= 15 is 0 Å². The molecule has 1 fully saturated rings. The van der Waals surface area contributed by atoms with Crippen LogP contribution < -0.4 is 0 Å². The lowest BCUT2D eigenvalue weighted by Crippen LogP contribution is -2.73. The van der Waals surface area contributed by atoms with E-state index in [1.165, 1.54) is 0 Å². The molecule has 180 valence electrons. The van der Waals surface area contributed by atoms with Crippen molar-refractivity contribution in [2.45, 2.75) is 117 Å². The van der Waals surface area contributed by atoms with Crippen LogP contribution in [0.15, 0.2) is 0 Å². The van der Waals surface area contributed by atoms with Gasteiger partial charge in [-0.3, -0.25) is 0 Å². The molecule has 0 amide bonds. The number of hydrogen-bond donors (Lipinski definition) is 0. The van der Waals surface area contributed by atoms with Crippen LogP contribution in [-0.2, 0) is 25.6 Å². The third-order valence-electron chi connectivity index (χ3n) is 5.02. The van der Waals surface area contributed by atoms with E-state index in [0.29, 0.717) is 19.8 Å². The molecule has 6 nitrogen and oxygen atoms in total. The first-order chi connectivity index (χ1) is 14.5. The van der Waals surface area contributed by atoms with Crippen LogP contribution in [0.1, 0.15) is 99.3 Å². The maximum atomic E-state index is 6.83. The Hall–Kier alpha value is 0.411. The third-order valence-corrected chi connectivity index (χ3v) is 17.3. The van der Waals surface area contributed by atoms with Crippen molar-refractivity contribution in [3.63, 3.8) is 0 Å². The smallest absolute Gasteiger partial charge is 0.374 e. The van der Waals surface area contributed by atoms with Gasteiger partial charge in [-0.05, 0) is 38.5 Å². The molecule has 0 radical (unpaired) electrons. The molecular formula is C21H48O6Si3. The zero-order valence-corrected chi connectivity index (χ0v) is 23.6. The Bertz CT molecular complexity index is 343. The molecule has 30 heavy (non-hydrogen) atoms. The Morgan fingerprint density at radius 2 is 0.700 bits per heavy atom. The van der Waals surface area contributed by atoms with Crippen molar-refractivity contribution in [2.24, 2.45) is 0 Å². The van der Waals surface area contributed by atoms with Crippen LogP contribution in [0.2, 0.25) is 18.1 Å². The summed E-state index contributed by atoms with van der Waals surface area (Å²) in [4.78, 5) is 0. The topological polar surface area (TPSA) is 55.4 Å². The van der Waals surface area contributed by atoms with Gasteiger partial charge in [0.2, 0.25) is 0 Å². The minimum absolute atomic E-state index is 0.647. The summed E-state index contributed by atoms with van der Waals surface area (Å²) in [5.41, 5.74) is 0. The van der Waals surface area contributed by atoms with Gasteiger partial charge in [0.15, 0.2) is 0 Å². The lowest BCUT2D eigenvalue weighted by molar-refractivity contribution is 0.0111. The molecule has 1 aliphatic heterocycles. The highest BCUT2D eigenvalue weighted by Gasteiger charge is 2.66. The Morgan fingerprint density at radius 3 is 0.900 bits per heavy atom. The summed E-state index contributed by atoms with van der Waals surface area (Å²) in [5, 5.41) is 0. The van der Waals surface area contributed by atoms with Crippen LogP contribution in [0.25, 0.3) is 0 Å². The van der Waals surface area contributed by atoms with E-state index in [9.17, 15) is 0 Å². The summed E-state index contributed by atoms with van der Waals surface area (Å²) >= 11 is 0. The zero-order valence-electron chi connectivity index (χ0n) is 20.6. The highest BCUT2D eigenvalue weighted by atomic mass is 28.5. The normalized spacial score (nSPS) is 29.4. The molecular weight excluding hydrogens is 432 g/mol. The molecule has 1 rings (SSSR count). The van der Waals surface area contributed by atoms with Gasteiger partial charge in [-0.2, -0.15) is 0 Å². The van der Waals surface area contributed by atoms with Gasteiger partial charge >= 0.3 is 26.4 Å². The van der Waals surface area contributed by atoms with Gasteiger partial charge in [-0.25, -0.2) is 0 Å². The SMILES string of the molecule is CCCC[Si]1(OCCC)O[Si](CCCC)(OCCC)O[Si](CCCC)(OCCC)O1. The largest absolute Gasteiger partial charge is 0.486 e. The van der Waals surface area contributed by atoms with Gasteiger partial charge in [-0.1, -0.05) is 60.8 Å². The average molecular weight is 481 g/mol. The van der Waals surface area contributed by atoms with Crippen molar-refractivity contribution in [3.8, 4) is 0 Å². The molecule has 0 bridgehead atoms. The molecule has 0 N–H and O–H groups in total. The molecule has 0 saturated carbocycles. The zero-order chi connectivity index (χ0) is 22.3. The minimum Gasteiger partial charge on any atom is -0.374 e. The Balaban J connectivity index is 3.38. The molecule has 0 aromatic heterocycles. The van der Waals surface area contributed by atoms with Crippen molar-refractivity contribution >= 4 is 26.4 Å². The van der Waals surface area contributed by atoms with Crippen molar-refractivity contribution in [1.82, 2.24) is 0 Å². The van der Waals surface area contributed by atoms with E-state index in [4.69, 9.17) is 25.6 Å². The molecule has 9 heteroatoms. The second kappa shape index (κ2) is 15.3. The molecule has 0 unspecified atom stereocenters. The molecule has 0 spiro atoms. The summed E-state index contributed by atoms with van der Waals surface area (Å²) in [6, 6.07) is 2.46. The van der Waals surface area contributed by atoms with Crippen molar-refractivity contribution in [1.29, 1.82) is 0 Å². The third kappa shape index (κ3) is 9.11. The highest BCUT2D eigenvalue weighted by Crippen LogP contribution is 2.40. The predicted octanol–water partition coefficient (Wildman–Crippen LogP) is 6.55. The molecule has 0 aromatic rings. The van der Waals surface area contributed by atoms with Crippen LogP contribution in [0.5, 0.6) is 0 Å². The number of hydrogen-bond acceptors (Lipinski definition) is 6. The predicted molar refractivity (Wildman–Crippen MR) is 128 cm³/mol. The minimum atomic E-state index is -2.95. The first-order valence-corrected chi connectivity index (χ1v) is 18.3. The lowest BCUT2D eigenvalue weighted by Gasteiger charge is -2.50. The Labute approximate surface area is 189 Å². The fraction of sp³-hybridized carbons (Fsp3) is 1.00. The summed E-state index contributed by atoms with van der Waals surface area (Å²) in [6.07, 6.45) is 9.12. The van der Waals surface area contributed by atoms with E-state index < -0.39 is 26.4 Å². The molecule has 0 aromatic carbocycles. The van der Waals surface area contributed by atoms with E-state index in [1.807, 2.05) is 0 Å². The fourth-order valence-electron chi connectivity index (χ4n) is 3.43. The fourth-order valence-corrected chi connectivity index (χ4v) is 18.9. The van der Waals surface area contributed by atoms with Crippen molar-refractivity contribution in [3.05, 3.63) is 0 Å². The van der Waals surface area contributed by atoms with E-state index in [1.54, 1.807) is 0 Å². The van der Waals surface area contributed by atoms with Gasteiger partial charge < -0.3 is 25.6 Å². The summed E-state index contributed by atoms with van der Waals surface area (Å²) < 4.78 is 39.9. The second-order valence-electron chi connectivity index (χ2n) is 8.21. The summed E-state index contributed by atoms with van der Waals surface area (Å²) in [7, 11) is -8.84. The monoisotopic (exact) mass is 480 g/mol. The molecule has 1 aliphatic rings. The number of rotatable bonds is 18. The molecule has 1 saturated heterocycles. The molecule has 0 atom stereocenters. The van der Waals surface area contributed by atoms with Gasteiger partial charge in [0.1, 0.15) is 0 Å². The van der Waals surface area contributed by atoms with Crippen LogP contribution in [0.3, 0.4) is 0 Å². The van der Waals surface area contributed by atoms with E-state index in [2.05, 4.69) is 41.5 Å². The van der Waals surface area contributed by atoms with Crippen LogP contribution in [0.4, 0.5) is 0 Å². The van der Waals surface area contributed by atoms with Crippen molar-refractivity contribution < 1.29 is 25.6 Å². The maximum Gasteiger partial charge on any atom is 0.486 e. The standard InChI is InChI=1S/C21H48O6Si3/c1-7-13-19-28(22-16-10-4)25-29(20-14-8-2,23-17-11-5)27-30(26-28,21-15-9-3)24-18-12-6/h7-21H2,1-6H3. The van der Waals surface area contributed by atoms with E-state index in [0.717, 1.165) is 75.9 Å². The summed E-state index contributed by atoms with van der Waals surface area (Å²) in [6.45, 7) is 14.9. The first-order valence-electron chi connectivity index (χ1n) is 12.5. The van der Waals surface area contributed by atoms with Crippen LogP contribution in [-0.4, -0.2) is 46.2 Å². The first kappa shape index (κ1) is 28.4. The van der Waals surface area contributed by atoms with Crippen LogP contribution >= 0.6 is 0 Å². The lowest BCUT2D eigenvalue weighted by atomic mass is 10.4. The van der Waals surface area contributed by atoms with Gasteiger partial charge in [-0.15, -0.1) is 0 Å². The van der Waals surface area contributed by atoms with Gasteiger partial charge in [0, 0.05) is 38.0 Å². The van der Waals surface area contributed by atoms with Gasteiger partial charge in [0.25, 0.3) is 0 Å². The van der Waals surface area contributed by atoms with E-state index in [-0.39, 0.29) is 0 Å². The quantitative estimate of drug-likeness (QED) is 0.207. The highest BCUT2D eigenvalue weighted by molar-refractivity contribution is 6.88. The Kier molecular flexibility index (Phi) is 14.5. The van der Waals surface area contributed by atoms with Crippen LogP contribution in [0, 0.1) is 0 Å². The molecule has 0 aliphatic carbocycles.